The van der Waals surface area contributed by atoms with E-state index in [1.54, 1.807) is 0 Å². The highest BCUT2D eigenvalue weighted by Gasteiger charge is 2.36. The normalized spacial score (nSPS) is 23.0. The van der Waals surface area contributed by atoms with Gasteiger partial charge in [-0.15, -0.1) is 0 Å². The van der Waals surface area contributed by atoms with Gasteiger partial charge in [-0.2, -0.15) is 13.2 Å². The summed E-state index contributed by atoms with van der Waals surface area (Å²) in [6.45, 7) is 2.55. The van der Waals surface area contributed by atoms with Gasteiger partial charge in [0.15, 0.2) is 0 Å². The molecule has 1 aromatic rings. The lowest BCUT2D eigenvalue weighted by molar-refractivity contribution is -0.137. The summed E-state index contributed by atoms with van der Waals surface area (Å²) >= 11 is 3.20. The number of ether oxygens (including phenoxy) is 1. The van der Waals surface area contributed by atoms with Crippen molar-refractivity contribution in [3.8, 4) is 0 Å². The van der Waals surface area contributed by atoms with Crippen LogP contribution in [-0.2, 0) is 10.9 Å². The fourth-order valence-corrected chi connectivity index (χ4v) is 2.52. The summed E-state index contributed by atoms with van der Waals surface area (Å²) in [6, 6.07) is 4.01. The third kappa shape index (κ3) is 3.63. The summed E-state index contributed by atoms with van der Waals surface area (Å²) in [5.41, 5.74) is -0.502. The van der Waals surface area contributed by atoms with Gasteiger partial charge in [0, 0.05) is 22.8 Å². The number of rotatable bonds is 4. The molecule has 1 N–H and O–H groups in total. The highest BCUT2D eigenvalue weighted by molar-refractivity contribution is 9.10. The van der Waals surface area contributed by atoms with E-state index in [2.05, 4.69) is 21.2 Å². The maximum atomic E-state index is 12.9. The molecule has 0 radical (unpaired) electrons. The van der Waals surface area contributed by atoms with Gasteiger partial charge in [0.1, 0.15) is 0 Å². The summed E-state index contributed by atoms with van der Waals surface area (Å²) < 4.78 is 44.6. The van der Waals surface area contributed by atoms with E-state index in [9.17, 15) is 13.2 Å². The Bertz CT molecular complexity index is 444. The van der Waals surface area contributed by atoms with Crippen molar-refractivity contribution in [2.45, 2.75) is 38.1 Å². The lowest BCUT2D eigenvalue weighted by Gasteiger charge is -2.36. The highest BCUT2D eigenvalue weighted by atomic mass is 79.9. The Morgan fingerprint density at radius 2 is 2.05 bits per heavy atom. The fourth-order valence-electron chi connectivity index (χ4n) is 2.16. The second-order valence-corrected chi connectivity index (χ2v) is 5.49. The highest BCUT2D eigenvalue weighted by Crippen LogP contribution is 2.38. The SMILES string of the molecule is CCOC1CC(Nc2cc(Br)ccc2C(F)(F)F)C1. The minimum absolute atomic E-state index is 0.0481. The first-order valence-corrected chi connectivity index (χ1v) is 6.94. The van der Waals surface area contributed by atoms with E-state index in [-0.39, 0.29) is 17.8 Å². The predicted octanol–water partition coefficient (Wildman–Crippen LogP) is 4.45. The first-order chi connectivity index (χ1) is 8.90. The molecule has 0 saturated heterocycles. The molecule has 0 atom stereocenters. The Kier molecular flexibility index (Phi) is 4.40. The zero-order valence-corrected chi connectivity index (χ0v) is 12.0. The predicted molar refractivity (Wildman–Crippen MR) is 71.2 cm³/mol. The van der Waals surface area contributed by atoms with Crippen LogP contribution in [-0.4, -0.2) is 18.8 Å². The van der Waals surface area contributed by atoms with Crippen molar-refractivity contribution >= 4 is 21.6 Å². The molecule has 0 heterocycles. The zero-order chi connectivity index (χ0) is 14.0. The zero-order valence-electron chi connectivity index (χ0n) is 10.4. The molecule has 1 saturated carbocycles. The summed E-state index contributed by atoms with van der Waals surface area (Å²) in [5.74, 6) is 0. The van der Waals surface area contributed by atoms with E-state index in [1.165, 1.54) is 12.1 Å². The topological polar surface area (TPSA) is 21.3 Å². The van der Waals surface area contributed by atoms with Gasteiger partial charge in [-0.05, 0) is 38.0 Å². The van der Waals surface area contributed by atoms with Gasteiger partial charge >= 0.3 is 6.18 Å². The number of halogens is 4. The summed E-state index contributed by atoms with van der Waals surface area (Å²) in [5, 5.41) is 2.95. The number of hydrogen-bond donors (Lipinski definition) is 1. The standard InChI is InChI=1S/C13H15BrF3NO/c1-2-19-10-6-9(7-10)18-12-5-8(14)3-4-11(12)13(15,16)17/h3-5,9-10,18H,2,6-7H2,1H3. The van der Waals surface area contributed by atoms with Crippen molar-refractivity contribution in [3.05, 3.63) is 28.2 Å². The van der Waals surface area contributed by atoms with E-state index < -0.39 is 11.7 Å². The molecule has 0 bridgehead atoms. The Morgan fingerprint density at radius 1 is 1.37 bits per heavy atom. The molecule has 1 fully saturated rings. The molecule has 0 spiro atoms. The van der Waals surface area contributed by atoms with Crippen LogP contribution in [0.2, 0.25) is 0 Å². The lowest BCUT2D eigenvalue weighted by Crippen LogP contribution is -2.41. The second-order valence-electron chi connectivity index (χ2n) is 4.58. The van der Waals surface area contributed by atoms with Crippen LogP contribution in [0.3, 0.4) is 0 Å². The van der Waals surface area contributed by atoms with Crippen LogP contribution < -0.4 is 5.32 Å². The van der Waals surface area contributed by atoms with Gasteiger partial charge in [0.05, 0.1) is 11.7 Å². The average molecular weight is 338 g/mol. The molecule has 2 nitrogen and oxygen atoms in total. The van der Waals surface area contributed by atoms with Gasteiger partial charge in [-0.1, -0.05) is 15.9 Å². The van der Waals surface area contributed by atoms with Crippen LogP contribution in [0.15, 0.2) is 22.7 Å². The first kappa shape index (κ1) is 14.7. The van der Waals surface area contributed by atoms with Crippen molar-refractivity contribution in [3.63, 3.8) is 0 Å². The first-order valence-electron chi connectivity index (χ1n) is 6.15. The molecule has 0 amide bonds. The molecule has 0 unspecified atom stereocenters. The van der Waals surface area contributed by atoms with Crippen molar-refractivity contribution < 1.29 is 17.9 Å². The molecule has 2 rings (SSSR count). The summed E-state index contributed by atoms with van der Waals surface area (Å²) in [4.78, 5) is 0. The third-order valence-corrected chi connectivity index (χ3v) is 3.64. The number of benzene rings is 1. The van der Waals surface area contributed by atoms with Crippen LogP contribution in [0.1, 0.15) is 25.3 Å². The Labute approximate surface area is 118 Å². The van der Waals surface area contributed by atoms with Gasteiger partial charge in [-0.25, -0.2) is 0 Å². The van der Waals surface area contributed by atoms with Crippen molar-refractivity contribution in [1.82, 2.24) is 0 Å². The van der Waals surface area contributed by atoms with Gasteiger partial charge < -0.3 is 10.1 Å². The molecule has 19 heavy (non-hydrogen) atoms. The van der Waals surface area contributed by atoms with Crippen molar-refractivity contribution in [1.29, 1.82) is 0 Å². The number of anilines is 1. The molecule has 1 aliphatic carbocycles. The molecule has 1 aromatic carbocycles. The van der Waals surface area contributed by atoms with Gasteiger partial charge in [-0.3, -0.25) is 0 Å². The third-order valence-electron chi connectivity index (χ3n) is 3.14. The molecule has 0 aromatic heterocycles. The van der Waals surface area contributed by atoms with Gasteiger partial charge in [0.2, 0.25) is 0 Å². The average Bonchev–Trinajstić information content (AvgIpc) is 2.24. The summed E-state index contributed by atoms with van der Waals surface area (Å²) in [6.07, 6.45) is -2.68. The van der Waals surface area contributed by atoms with Crippen LogP contribution in [0, 0.1) is 0 Å². The quantitative estimate of drug-likeness (QED) is 0.876. The van der Waals surface area contributed by atoms with Gasteiger partial charge in [0.25, 0.3) is 0 Å². The second kappa shape index (κ2) is 5.71. The van der Waals surface area contributed by atoms with Crippen LogP contribution in [0.25, 0.3) is 0 Å². The number of hydrogen-bond acceptors (Lipinski definition) is 2. The molecule has 1 aliphatic rings. The van der Waals surface area contributed by atoms with E-state index in [0.29, 0.717) is 11.1 Å². The molecule has 6 heteroatoms. The smallest absolute Gasteiger partial charge is 0.382 e. The molecule has 0 aliphatic heterocycles. The monoisotopic (exact) mass is 337 g/mol. The van der Waals surface area contributed by atoms with Crippen LogP contribution >= 0.6 is 15.9 Å². The van der Waals surface area contributed by atoms with E-state index in [0.717, 1.165) is 18.9 Å². The number of nitrogens with one attached hydrogen (secondary N) is 1. The maximum absolute atomic E-state index is 12.9. The summed E-state index contributed by atoms with van der Waals surface area (Å²) in [7, 11) is 0. The lowest BCUT2D eigenvalue weighted by atomic mass is 9.89. The minimum Gasteiger partial charge on any atom is -0.382 e. The van der Waals surface area contributed by atoms with Crippen LogP contribution in [0.4, 0.5) is 18.9 Å². The van der Waals surface area contributed by atoms with Crippen LogP contribution in [0.5, 0.6) is 0 Å². The fraction of sp³-hybridized carbons (Fsp3) is 0.538. The Hall–Kier alpha value is -0.750. The number of alkyl halides is 3. The Morgan fingerprint density at radius 3 is 2.63 bits per heavy atom. The Balaban J connectivity index is 2.06. The molecular weight excluding hydrogens is 323 g/mol. The minimum atomic E-state index is -4.34. The maximum Gasteiger partial charge on any atom is 0.418 e. The van der Waals surface area contributed by atoms with E-state index >= 15 is 0 Å². The largest absolute Gasteiger partial charge is 0.418 e. The molecular formula is C13H15BrF3NO. The molecule has 106 valence electrons. The van der Waals surface area contributed by atoms with Crippen molar-refractivity contribution in [2.75, 3.05) is 11.9 Å². The van der Waals surface area contributed by atoms with E-state index in [1.807, 2.05) is 6.92 Å². The van der Waals surface area contributed by atoms with E-state index in [4.69, 9.17) is 4.74 Å². The van der Waals surface area contributed by atoms with Crippen molar-refractivity contribution in [2.24, 2.45) is 0 Å².